The fourth-order valence-electron chi connectivity index (χ4n) is 9.77. The first kappa shape index (κ1) is 38.3. The summed E-state index contributed by atoms with van der Waals surface area (Å²) < 4.78 is 0. The summed E-state index contributed by atoms with van der Waals surface area (Å²) >= 11 is 0. The molecule has 2 unspecified atom stereocenters. The van der Waals surface area contributed by atoms with Crippen LogP contribution in [-0.4, -0.2) is 34.0 Å². The number of Topliss-reactive ketones (excluding diaryl/α,β-unsaturated/α-hetero) is 1. The van der Waals surface area contributed by atoms with E-state index in [1.807, 2.05) is 59.5 Å². The van der Waals surface area contributed by atoms with Crippen LogP contribution in [0.25, 0.3) is 32.7 Å². The van der Waals surface area contributed by atoms with Crippen molar-refractivity contribution in [1.29, 1.82) is 0 Å². The minimum absolute atomic E-state index is 0. The van der Waals surface area contributed by atoms with Crippen molar-refractivity contribution in [3.63, 3.8) is 0 Å². The number of aliphatic hydroxyl groups excluding tert-OH is 1. The van der Waals surface area contributed by atoms with E-state index in [1.165, 1.54) is 32.1 Å². The van der Waals surface area contributed by atoms with Crippen LogP contribution in [0.3, 0.4) is 0 Å². The summed E-state index contributed by atoms with van der Waals surface area (Å²) in [5, 5.41) is 20.2. The Morgan fingerprint density at radius 1 is 0.750 bits per heavy atom. The lowest BCUT2D eigenvalue weighted by Gasteiger charge is -2.42. The average Bonchev–Trinajstić information content (AvgIpc) is 3.77. The smallest absolute Gasteiger partial charge is 0.229 e. The number of amides is 2. The van der Waals surface area contributed by atoms with E-state index in [0.717, 1.165) is 58.6 Å². The topological polar surface area (TPSA) is 102 Å². The van der Waals surface area contributed by atoms with E-state index in [4.69, 9.17) is 11.4 Å². The first-order chi connectivity index (χ1) is 29.3. The van der Waals surface area contributed by atoms with Crippen LogP contribution in [0.1, 0.15) is 110 Å². The zero-order valence-corrected chi connectivity index (χ0v) is 33.6. The highest BCUT2D eigenvalue weighted by atomic mass is 16.3. The maximum absolute atomic E-state index is 14.7. The van der Waals surface area contributed by atoms with Crippen molar-refractivity contribution in [3.8, 4) is 59.7 Å². The first-order valence-corrected chi connectivity index (χ1v) is 20.9. The number of aliphatic hydroxyl groups is 1. The van der Waals surface area contributed by atoms with Gasteiger partial charge in [0, 0.05) is 67.2 Å². The molecule has 5 aliphatic rings. The van der Waals surface area contributed by atoms with Crippen molar-refractivity contribution in [2.24, 2.45) is 4.99 Å². The van der Waals surface area contributed by atoms with Crippen LogP contribution in [-0.2, 0) is 14.4 Å². The minimum Gasteiger partial charge on any atom is -0.506 e. The Balaban J connectivity index is 0. The van der Waals surface area contributed by atoms with Gasteiger partial charge in [-0.05, 0) is 89.0 Å². The molecule has 8 nitrogen and oxygen atoms in total. The van der Waals surface area contributed by atoms with Gasteiger partial charge in [0.2, 0.25) is 17.6 Å². The lowest BCUT2D eigenvalue weighted by Crippen LogP contribution is -2.53. The fourth-order valence-corrected chi connectivity index (χ4v) is 9.77. The molecule has 4 heterocycles. The number of carbonyl (C=O) groups is 3. The zero-order chi connectivity index (χ0) is 41.4. The normalized spacial score (nSPS) is 21.2. The van der Waals surface area contributed by atoms with Gasteiger partial charge in [-0.1, -0.05) is 100 Å². The number of allylic oxidation sites excluding steroid dienone is 2. The zero-order valence-electron chi connectivity index (χ0n) is 33.6. The van der Waals surface area contributed by atoms with Gasteiger partial charge in [-0.15, -0.1) is 6.42 Å². The summed E-state index contributed by atoms with van der Waals surface area (Å²) in [6.45, 7) is 2.23. The van der Waals surface area contributed by atoms with Crippen LogP contribution in [0.4, 0.5) is 17.1 Å². The third kappa shape index (κ3) is 6.18. The van der Waals surface area contributed by atoms with Crippen LogP contribution >= 0.6 is 0 Å². The molecule has 0 saturated carbocycles. The van der Waals surface area contributed by atoms with Crippen molar-refractivity contribution in [2.45, 2.75) is 102 Å². The van der Waals surface area contributed by atoms with E-state index in [0.29, 0.717) is 41.1 Å². The summed E-state index contributed by atoms with van der Waals surface area (Å²) in [5.74, 6) is 23.1. The number of nitrogens with one attached hydrogen (secondary N) is 1. The van der Waals surface area contributed by atoms with Gasteiger partial charge >= 0.3 is 0 Å². The van der Waals surface area contributed by atoms with Gasteiger partial charge in [0.05, 0.1) is 27.9 Å². The van der Waals surface area contributed by atoms with E-state index >= 15 is 0 Å². The molecule has 9 rings (SSSR count). The number of rotatable bonds is 10. The molecule has 314 valence electrons. The number of hydrogen-bond acceptors (Lipinski definition) is 6. The maximum atomic E-state index is 14.7. The number of unbranched alkanes of at least 4 members (excludes halogenated alkanes) is 7. The molecule has 0 bridgehead atoms. The Labute approximate surface area is 364 Å². The van der Waals surface area contributed by atoms with Crippen LogP contribution in [0.15, 0.2) is 71.4 Å². The molecule has 0 aromatic heterocycles. The van der Waals surface area contributed by atoms with Gasteiger partial charge in [-0.2, -0.15) is 0 Å². The number of anilines is 3. The molecule has 4 aliphatic heterocycles. The third-order valence-corrected chi connectivity index (χ3v) is 12.5. The van der Waals surface area contributed by atoms with Gasteiger partial charge < -0.3 is 10.4 Å². The van der Waals surface area contributed by atoms with Gasteiger partial charge in [0.15, 0.2) is 5.66 Å². The largest absolute Gasteiger partial charge is 0.506 e. The van der Waals surface area contributed by atoms with Crippen LogP contribution in [0.2, 0.25) is 0 Å². The first-order valence-electron chi connectivity index (χ1n) is 20.9. The lowest BCUT2D eigenvalue weighted by atomic mass is 9.79. The molecule has 60 heavy (non-hydrogen) atoms. The molecule has 2 fully saturated rings. The molecular formula is C52H62N4O4. The number of nitrogens with zero attached hydrogens (tertiary/aromatic N) is 3. The van der Waals surface area contributed by atoms with E-state index in [9.17, 15) is 19.5 Å². The molecule has 2 atom stereocenters. The number of benzene rings is 4. The van der Waals surface area contributed by atoms with Crippen molar-refractivity contribution in [2.75, 3.05) is 15.1 Å². The predicted octanol–water partition coefficient (Wildman–Crippen LogP) is 10.0. The second-order valence-electron chi connectivity index (χ2n) is 16.0. The Hall–Kier alpha value is -7.18. The molecule has 2 saturated heterocycles. The van der Waals surface area contributed by atoms with Crippen LogP contribution in [0.5, 0.6) is 0 Å². The van der Waals surface area contributed by atoms with Crippen molar-refractivity contribution < 1.29 is 33.8 Å². The fraction of sp³-hybridized carbons (Fsp3) is 0.308. The molecule has 4 aromatic carbocycles. The molecule has 2 amide bonds. The van der Waals surface area contributed by atoms with Crippen molar-refractivity contribution in [3.05, 3.63) is 82.6 Å². The SMILES string of the molecule is C#CC#CC#CC#CC#CC12CCC(=O)N1c1c(C3=C(O)C(=c4ccc5cccc6c5c4=NC4(CCCCCCCCCC)CCC(=O)N64)C3=O)ccc3cccc(c13)N2.[HH].[HH].[HH].[HH].[HH].[HH].[HH].[HH].[HH].[HH]. The second-order valence-corrected chi connectivity index (χ2v) is 16.0. The summed E-state index contributed by atoms with van der Waals surface area (Å²) in [6.07, 6.45) is 16.8. The second kappa shape index (κ2) is 15.5. The summed E-state index contributed by atoms with van der Waals surface area (Å²) in [6, 6.07) is 19.2. The number of carbonyl (C=O) groups excluding carboxylic acids is 3. The van der Waals surface area contributed by atoms with Crippen molar-refractivity contribution >= 4 is 67.4 Å². The Morgan fingerprint density at radius 2 is 1.42 bits per heavy atom. The predicted molar refractivity (Wildman–Crippen MR) is 257 cm³/mol. The Morgan fingerprint density at radius 3 is 2.18 bits per heavy atom. The van der Waals surface area contributed by atoms with Crippen LogP contribution < -0.4 is 25.7 Å². The minimum atomic E-state index is -1.15. The maximum Gasteiger partial charge on any atom is 0.229 e. The van der Waals surface area contributed by atoms with E-state index < -0.39 is 11.3 Å². The molecule has 0 spiro atoms. The third-order valence-electron chi connectivity index (χ3n) is 12.5. The highest BCUT2D eigenvalue weighted by Crippen LogP contribution is 2.52. The highest BCUT2D eigenvalue weighted by Gasteiger charge is 2.52. The Bertz CT molecular complexity index is 3090. The van der Waals surface area contributed by atoms with E-state index in [-0.39, 0.29) is 55.2 Å². The summed E-state index contributed by atoms with van der Waals surface area (Å²) in [7, 11) is 0. The number of hydrogen-bond donors (Lipinski definition) is 2. The Kier molecular flexibility index (Phi) is 9.93. The van der Waals surface area contributed by atoms with E-state index in [2.05, 4.69) is 65.5 Å². The number of ketones is 1. The monoisotopic (exact) mass is 806 g/mol. The summed E-state index contributed by atoms with van der Waals surface area (Å²) in [4.78, 5) is 51.2. The average molecular weight is 807 g/mol. The van der Waals surface area contributed by atoms with Crippen LogP contribution in [0, 0.1) is 59.7 Å². The number of fused-ring (bicyclic) bond motifs is 4. The molecule has 2 N–H and O–H groups in total. The summed E-state index contributed by atoms with van der Waals surface area (Å²) in [5.41, 5.74) is 0.909. The van der Waals surface area contributed by atoms with Crippen molar-refractivity contribution in [1.82, 2.24) is 0 Å². The van der Waals surface area contributed by atoms with E-state index in [1.54, 1.807) is 11.0 Å². The molecule has 8 heteroatoms. The van der Waals surface area contributed by atoms with Gasteiger partial charge in [0.1, 0.15) is 11.4 Å². The lowest BCUT2D eigenvalue weighted by molar-refractivity contribution is -0.118. The standard InChI is InChI=1S/C52H42N4O4.10H2/c1-3-5-7-9-11-13-15-17-31-51-33-30-42(58)56(51)48-38(28-26-35-21-19-23-39(53-51)43(35)48)46-49(59)45(50(46)60)37-27-25-36-22-20-24-40-44(36)47(37)54-52(34-29-41(57)55(40)52)32-18-16-14-12-10-8-6-4-2;;;;;;;;;;/h1,19-28,53,59H,4,6,8,10,12,14,16,18,29-30,32-34H2,2H3;10*1H. The molecule has 0 radical (unpaired) electrons. The molecule has 4 aromatic rings. The number of terminal acetylenes is 1. The van der Waals surface area contributed by atoms with Gasteiger partial charge in [0.25, 0.3) is 0 Å². The van der Waals surface area contributed by atoms with Gasteiger partial charge in [-0.3, -0.25) is 29.2 Å². The quantitative estimate of drug-likeness (QED) is 0.123. The highest BCUT2D eigenvalue weighted by molar-refractivity contribution is 6.52. The van der Waals surface area contributed by atoms with Gasteiger partial charge in [-0.25, -0.2) is 0 Å². The molecular weight excluding hydrogens is 745 g/mol. The molecule has 1 aliphatic carbocycles.